The number of nitrogens with one attached hydrogen (secondary N) is 2. The topological polar surface area (TPSA) is 33.3 Å². The minimum Gasteiger partial charge on any atom is -0.497 e. The molecule has 0 aliphatic rings. The summed E-state index contributed by atoms with van der Waals surface area (Å²) in [5.74, 6) is 0.868. The summed E-state index contributed by atoms with van der Waals surface area (Å²) < 4.78 is 5.12. The van der Waals surface area contributed by atoms with Crippen molar-refractivity contribution in [1.29, 1.82) is 0 Å². The highest BCUT2D eigenvalue weighted by molar-refractivity contribution is 6.31. The summed E-state index contributed by atoms with van der Waals surface area (Å²) in [6.07, 6.45) is 0. The number of hydrazine groups is 1. The van der Waals surface area contributed by atoms with Crippen molar-refractivity contribution in [3.8, 4) is 5.75 Å². The Bertz CT molecular complexity index is 514. The van der Waals surface area contributed by atoms with Crippen LogP contribution in [0.2, 0.25) is 5.02 Å². The van der Waals surface area contributed by atoms with Crippen LogP contribution in [0.15, 0.2) is 48.5 Å². The average Bonchev–Trinajstić information content (AvgIpc) is 2.46. The molecule has 100 valence electrons. The molecule has 0 aromatic heterocycles. The van der Waals surface area contributed by atoms with Crippen molar-refractivity contribution < 1.29 is 4.74 Å². The minimum absolute atomic E-state index is 0.690. The van der Waals surface area contributed by atoms with Crippen LogP contribution in [0.4, 0.5) is 0 Å². The van der Waals surface area contributed by atoms with Gasteiger partial charge in [-0.25, -0.2) is 0 Å². The van der Waals surface area contributed by atoms with Crippen LogP contribution in [-0.4, -0.2) is 7.11 Å². The second-order valence-electron chi connectivity index (χ2n) is 4.15. The van der Waals surface area contributed by atoms with Gasteiger partial charge in [0.15, 0.2) is 0 Å². The molecule has 19 heavy (non-hydrogen) atoms. The fraction of sp³-hybridized carbons (Fsp3) is 0.200. The van der Waals surface area contributed by atoms with Crippen LogP contribution in [0.5, 0.6) is 5.75 Å². The van der Waals surface area contributed by atoms with E-state index in [-0.39, 0.29) is 0 Å². The van der Waals surface area contributed by atoms with E-state index in [1.807, 2.05) is 48.5 Å². The predicted molar refractivity (Wildman–Crippen MR) is 78.1 cm³/mol. The maximum Gasteiger partial charge on any atom is 0.118 e. The Morgan fingerprint density at radius 3 is 2.32 bits per heavy atom. The molecule has 2 N–H and O–H groups in total. The van der Waals surface area contributed by atoms with Crippen LogP contribution in [0.3, 0.4) is 0 Å². The van der Waals surface area contributed by atoms with Crippen LogP contribution < -0.4 is 15.6 Å². The Kier molecular flexibility index (Phi) is 5.21. The highest BCUT2D eigenvalue weighted by atomic mass is 35.5. The van der Waals surface area contributed by atoms with Crippen molar-refractivity contribution in [2.24, 2.45) is 0 Å². The molecule has 0 radical (unpaired) electrons. The fourth-order valence-electron chi connectivity index (χ4n) is 1.71. The van der Waals surface area contributed by atoms with E-state index in [1.165, 1.54) is 5.56 Å². The number of halogens is 1. The SMILES string of the molecule is COc1ccc(CNNCc2ccccc2Cl)cc1. The summed E-state index contributed by atoms with van der Waals surface area (Å²) in [5.41, 5.74) is 8.58. The van der Waals surface area contributed by atoms with Crippen molar-refractivity contribution in [1.82, 2.24) is 10.9 Å². The van der Waals surface area contributed by atoms with Gasteiger partial charge in [-0.2, -0.15) is 0 Å². The summed E-state index contributed by atoms with van der Waals surface area (Å²) in [6, 6.07) is 15.8. The first-order valence-corrected chi connectivity index (χ1v) is 6.49. The molecule has 0 spiro atoms. The number of hydrogen-bond donors (Lipinski definition) is 2. The second kappa shape index (κ2) is 7.14. The summed E-state index contributed by atoms with van der Waals surface area (Å²) in [4.78, 5) is 0. The molecule has 2 rings (SSSR count). The van der Waals surface area contributed by atoms with Gasteiger partial charge in [0.05, 0.1) is 7.11 Å². The molecule has 0 atom stereocenters. The van der Waals surface area contributed by atoms with Crippen LogP contribution in [0.1, 0.15) is 11.1 Å². The van der Waals surface area contributed by atoms with E-state index in [0.717, 1.165) is 22.9 Å². The van der Waals surface area contributed by atoms with Crippen molar-refractivity contribution in [2.45, 2.75) is 13.1 Å². The van der Waals surface area contributed by atoms with E-state index in [4.69, 9.17) is 16.3 Å². The molecule has 0 aliphatic carbocycles. The molecule has 3 nitrogen and oxygen atoms in total. The molecule has 2 aromatic rings. The van der Waals surface area contributed by atoms with Crippen molar-refractivity contribution in [2.75, 3.05) is 7.11 Å². The lowest BCUT2D eigenvalue weighted by molar-refractivity contribution is 0.414. The lowest BCUT2D eigenvalue weighted by Gasteiger charge is -2.09. The molecule has 0 saturated carbocycles. The zero-order valence-corrected chi connectivity index (χ0v) is 11.6. The van der Waals surface area contributed by atoms with Crippen molar-refractivity contribution in [3.05, 3.63) is 64.7 Å². The van der Waals surface area contributed by atoms with Gasteiger partial charge in [0.1, 0.15) is 5.75 Å². The lowest BCUT2D eigenvalue weighted by Crippen LogP contribution is -2.30. The van der Waals surface area contributed by atoms with Gasteiger partial charge in [0, 0.05) is 18.1 Å². The molecule has 2 aromatic carbocycles. The van der Waals surface area contributed by atoms with Gasteiger partial charge in [-0.15, -0.1) is 0 Å². The monoisotopic (exact) mass is 276 g/mol. The molecular weight excluding hydrogens is 260 g/mol. The summed E-state index contributed by atoms with van der Waals surface area (Å²) in [6.45, 7) is 1.43. The Balaban J connectivity index is 1.76. The second-order valence-corrected chi connectivity index (χ2v) is 4.55. The number of rotatable bonds is 6. The van der Waals surface area contributed by atoms with Crippen LogP contribution >= 0.6 is 11.6 Å². The van der Waals surface area contributed by atoms with Crippen LogP contribution in [-0.2, 0) is 13.1 Å². The summed E-state index contributed by atoms with van der Waals surface area (Å²) >= 11 is 6.07. The van der Waals surface area contributed by atoms with E-state index < -0.39 is 0 Å². The van der Waals surface area contributed by atoms with Gasteiger partial charge >= 0.3 is 0 Å². The molecule has 0 amide bonds. The van der Waals surface area contributed by atoms with Crippen LogP contribution in [0.25, 0.3) is 0 Å². The number of ether oxygens (including phenoxy) is 1. The van der Waals surface area contributed by atoms with E-state index >= 15 is 0 Å². The number of hydrogen-bond acceptors (Lipinski definition) is 3. The Morgan fingerprint density at radius 1 is 0.947 bits per heavy atom. The Labute approximate surface area is 118 Å². The van der Waals surface area contributed by atoms with E-state index in [2.05, 4.69) is 10.9 Å². The fourth-order valence-corrected chi connectivity index (χ4v) is 1.91. The molecule has 4 heteroatoms. The molecular formula is C15H17ClN2O. The number of benzene rings is 2. The zero-order chi connectivity index (χ0) is 13.5. The molecule has 0 unspecified atom stereocenters. The van der Waals surface area contributed by atoms with Crippen molar-refractivity contribution >= 4 is 11.6 Å². The first-order chi connectivity index (χ1) is 9.29. The van der Waals surface area contributed by atoms with Gasteiger partial charge < -0.3 is 4.74 Å². The molecule has 0 bridgehead atoms. The standard InChI is InChI=1S/C15H17ClN2O/c1-19-14-8-6-12(7-9-14)10-17-18-11-13-4-2-3-5-15(13)16/h2-9,17-18H,10-11H2,1H3. The third-order valence-corrected chi connectivity index (χ3v) is 3.18. The average molecular weight is 277 g/mol. The molecule has 0 aliphatic heterocycles. The van der Waals surface area contributed by atoms with Gasteiger partial charge in [-0.1, -0.05) is 41.9 Å². The molecule has 0 heterocycles. The first-order valence-electron chi connectivity index (χ1n) is 6.11. The summed E-state index contributed by atoms with van der Waals surface area (Å²) in [7, 11) is 1.67. The highest BCUT2D eigenvalue weighted by Gasteiger charge is 1.98. The van der Waals surface area contributed by atoms with Gasteiger partial charge in [0.2, 0.25) is 0 Å². The summed E-state index contributed by atoms with van der Waals surface area (Å²) in [5, 5.41) is 0.779. The zero-order valence-electron chi connectivity index (χ0n) is 10.8. The normalized spacial score (nSPS) is 10.4. The van der Waals surface area contributed by atoms with Gasteiger partial charge in [-0.3, -0.25) is 10.9 Å². The van der Waals surface area contributed by atoms with E-state index in [1.54, 1.807) is 7.11 Å². The molecule has 0 saturated heterocycles. The highest BCUT2D eigenvalue weighted by Crippen LogP contribution is 2.14. The lowest BCUT2D eigenvalue weighted by atomic mass is 10.2. The maximum atomic E-state index is 6.07. The third-order valence-electron chi connectivity index (χ3n) is 2.81. The Morgan fingerprint density at radius 2 is 1.63 bits per heavy atom. The van der Waals surface area contributed by atoms with Crippen LogP contribution in [0, 0.1) is 0 Å². The third kappa shape index (κ3) is 4.24. The quantitative estimate of drug-likeness (QED) is 0.628. The van der Waals surface area contributed by atoms with Crippen molar-refractivity contribution in [3.63, 3.8) is 0 Å². The largest absolute Gasteiger partial charge is 0.497 e. The van der Waals surface area contributed by atoms with Gasteiger partial charge in [-0.05, 0) is 29.3 Å². The smallest absolute Gasteiger partial charge is 0.118 e. The molecule has 0 fully saturated rings. The Hall–Kier alpha value is -1.55. The number of methoxy groups -OCH3 is 1. The van der Waals surface area contributed by atoms with E-state index in [9.17, 15) is 0 Å². The van der Waals surface area contributed by atoms with Gasteiger partial charge in [0.25, 0.3) is 0 Å². The maximum absolute atomic E-state index is 6.07. The minimum atomic E-state index is 0.690. The predicted octanol–water partition coefficient (Wildman–Crippen LogP) is 3.14. The van der Waals surface area contributed by atoms with E-state index in [0.29, 0.717) is 6.54 Å². The first kappa shape index (κ1) is 13.9.